The normalized spacial score (nSPS) is 14.3. The quantitative estimate of drug-likeness (QED) is 0.424. The van der Waals surface area contributed by atoms with Crippen LogP contribution in [0, 0.1) is 11.2 Å². The third-order valence-corrected chi connectivity index (χ3v) is 6.66. The van der Waals surface area contributed by atoms with Crippen LogP contribution in [0.1, 0.15) is 61.2 Å². The van der Waals surface area contributed by atoms with Crippen molar-refractivity contribution in [1.29, 1.82) is 5.41 Å². The van der Waals surface area contributed by atoms with Crippen molar-refractivity contribution in [1.82, 2.24) is 4.90 Å². The van der Waals surface area contributed by atoms with Gasteiger partial charge in [-0.05, 0) is 35.6 Å². The molecule has 39 heavy (non-hydrogen) atoms. The minimum absolute atomic E-state index is 0. The van der Waals surface area contributed by atoms with Gasteiger partial charge in [0.15, 0.2) is 23.1 Å². The molecule has 212 valence electrons. The molecule has 0 saturated heterocycles. The maximum atomic E-state index is 15.3. The Morgan fingerprint density at radius 3 is 2.51 bits per heavy atom. The van der Waals surface area contributed by atoms with E-state index in [1.54, 1.807) is 23.1 Å². The third kappa shape index (κ3) is 5.90. The number of carboxylic acid groups (broad SMARTS) is 1. The molecular weight excluding hydrogens is 529 g/mol. The van der Waals surface area contributed by atoms with Crippen LogP contribution in [-0.4, -0.2) is 67.6 Å². The number of carbonyl (C=O) groups excluding carboxylic acids is 1. The second kappa shape index (κ2) is 11.7. The number of amidine groups is 1. The zero-order valence-corrected chi connectivity index (χ0v) is 23.7. The van der Waals surface area contributed by atoms with Gasteiger partial charge in [0.05, 0.1) is 38.1 Å². The molecule has 2 aliphatic heterocycles. The van der Waals surface area contributed by atoms with E-state index in [4.69, 9.17) is 19.6 Å². The number of methoxy groups -OCH3 is 1. The smallest absolute Gasteiger partial charge is 0.323 e. The van der Waals surface area contributed by atoms with Gasteiger partial charge in [0.1, 0.15) is 24.7 Å². The van der Waals surface area contributed by atoms with Crippen LogP contribution in [0.15, 0.2) is 18.2 Å². The second-order valence-corrected chi connectivity index (χ2v) is 10.5. The van der Waals surface area contributed by atoms with Crippen LogP contribution in [0.5, 0.6) is 17.2 Å². The van der Waals surface area contributed by atoms with Crippen LogP contribution < -0.4 is 19.1 Å². The third-order valence-electron chi connectivity index (χ3n) is 6.66. The van der Waals surface area contributed by atoms with Gasteiger partial charge >= 0.3 is 5.97 Å². The number of hydrogen-bond donors (Lipinski definition) is 2. The van der Waals surface area contributed by atoms with Gasteiger partial charge in [0.25, 0.3) is 0 Å². The summed E-state index contributed by atoms with van der Waals surface area (Å²) in [6.07, 6.45) is 0.741. The molecule has 0 radical (unpaired) electrons. The highest BCUT2D eigenvalue weighted by atomic mass is 35.5. The Balaban J connectivity index is 0.00000420. The number of ketones is 1. The molecule has 0 unspecified atom stereocenters. The van der Waals surface area contributed by atoms with Crippen molar-refractivity contribution >= 4 is 35.7 Å². The van der Waals surface area contributed by atoms with Crippen molar-refractivity contribution in [3.05, 3.63) is 46.3 Å². The van der Waals surface area contributed by atoms with E-state index in [0.717, 1.165) is 12.0 Å². The Labute approximate surface area is 233 Å². The summed E-state index contributed by atoms with van der Waals surface area (Å²) in [7, 11) is 1.35. The average molecular weight is 564 g/mol. The number of halogens is 2. The first-order valence-electron chi connectivity index (χ1n) is 12.6. The summed E-state index contributed by atoms with van der Waals surface area (Å²) in [6.45, 7) is 8.87. The number of ether oxygens (including phenoxy) is 3. The summed E-state index contributed by atoms with van der Waals surface area (Å²) >= 11 is 0. The highest BCUT2D eigenvalue weighted by Gasteiger charge is 2.34. The number of hydrogen-bond acceptors (Lipinski definition) is 7. The lowest BCUT2D eigenvalue weighted by molar-refractivity contribution is -0.135. The molecule has 0 aliphatic carbocycles. The van der Waals surface area contributed by atoms with Crippen LogP contribution in [0.4, 0.5) is 10.1 Å². The minimum atomic E-state index is -0.977. The zero-order chi connectivity index (χ0) is 27.8. The maximum absolute atomic E-state index is 15.3. The van der Waals surface area contributed by atoms with Gasteiger partial charge in [0.2, 0.25) is 0 Å². The summed E-state index contributed by atoms with van der Waals surface area (Å²) < 4.78 is 32.2. The number of nitrogens with zero attached hydrogens (tertiary/aromatic N) is 2. The highest BCUT2D eigenvalue weighted by molar-refractivity contribution is 6.06. The molecule has 2 aromatic carbocycles. The van der Waals surface area contributed by atoms with Gasteiger partial charge in [-0.2, -0.15) is 0 Å². The van der Waals surface area contributed by atoms with Crippen LogP contribution in [0.3, 0.4) is 0 Å². The molecule has 0 amide bonds. The number of rotatable bonds is 9. The number of carboxylic acids is 1. The van der Waals surface area contributed by atoms with Crippen LogP contribution in [0.25, 0.3) is 0 Å². The predicted molar refractivity (Wildman–Crippen MR) is 148 cm³/mol. The second-order valence-electron chi connectivity index (χ2n) is 10.5. The lowest BCUT2D eigenvalue weighted by atomic mass is 9.84. The summed E-state index contributed by atoms with van der Waals surface area (Å²) in [5, 5.41) is 18.0. The maximum Gasteiger partial charge on any atom is 0.323 e. The summed E-state index contributed by atoms with van der Waals surface area (Å²) in [5.41, 5.74) is 2.00. The number of anilines is 1. The van der Waals surface area contributed by atoms with E-state index in [1.165, 1.54) is 12.0 Å². The van der Waals surface area contributed by atoms with Crippen LogP contribution in [-0.2, 0) is 16.8 Å². The number of carbonyl (C=O) groups is 2. The van der Waals surface area contributed by atoms with Crippen molar-refractivity contribution in [2.45, 2.75) is 46.1 Å². The van der Waals surface area contributed by atoms with Crippen molar-refractivity contribution in [2.24, 2.45) is 0 Å². The lowest BCUT2D eigenvalue weighted by Crippen LogP contribution is -2.38. The highest BCUT2D eigenvalue weighted by Crippen LogP contribution is 2.43. The van der Waals surface area contributed by atoms with Gasteiger partial charge in [0, 0.05) is 17.7 Å². The Bertz CT molecular complexity index is 1290. The molecule has 0 saturated carbocycles. The first-order valence-corrected chi connectivity index (χ1v) is 12.6. The van der Waals surface area contributed by atoms with Crippen molar-refractivity contribution in [3.63, 3.8) is 0 Å². The molecule has 9 nitrogen and oxygen atoms in total. The predicted octanol–water partition coefficient (Wildman–Crippen LogP) is 4.65. The number of Topliss-reactive ketones (excluding diaryl/α,β-unsaturated/α-hetero) is 1. The topological polar surface area (TPSA) is 112 Å². The van der Waals surface area contributed by atoms with Gasteiger partial charge in [-0.15, -0.1) is 12.4 Å². The largest absolute Gasteiger partial charge is 0.490 e. The minimum Gasteiger partial charge on any atom is -0.490 e. The molecule has 0 aromatic heterocycles. The Morgan fingerprint density at radius 2 is 1.90 bits per heavy atom. The van der Waals surface area contributed by atoms with E-state index < -0.39 is 11.8 Å². The fraction of sp³-hybridized carbons (Fsp3) is 0.464. The van der Waals surface area contributed by atoms with E-state index in [0.29, 0.717) is 42.3 Å². The number of benzene rings is 2. The molecule has 2 heterocycles. The van der Waals surface area contributed by atoms with E-state index in [-0.39, 0.29) is 66.1 Å². The van der Waals surface area contributed by atoms with E-state index in [1.807, 2.05) is 27.7 Å². The summed E-state index contributed by atoms with van der Waals surface area (Å²) in [4.78, 5) is 28.2. The monoisotopic (exact) mass is 563 g/mol. The van der Waals surface area contributed by atoms with Crippen LogP contribution >= 0.6 is 12.4 Å². The number of fused-ring (bicyclic) bond motifs is 2. The van der Waals surface area contributed by atoms with Gasteiger partial charge in [-0.25, -0.2) is 4.39 Å². The molecule has 2 aliphatic rings. The molecular formula is C28H35ClFN3O6. The molecule has 11 heteroatoms. The number of aliphatic carboxylic acids is 1. The lowest BCUT2D eigenvalue weighted by Gasteiger charge is -2.34. The molecule has 0 fully saturated rings. The number of nitrogens with one attached hydrogen (secondary N) is 1. The fourth-order valence-corrected chi connectivity index (χ4v) is 4.82. The van der Waals surface area contributed by atoms with Gasteiger partial charge in [-0.3, -0.25) is 15.0 Å². The standard InChI is InChI=1S/C28H34FN3O6.ClH/c1-6-8-37-21-12-17-13-32(27(30)23(17)24(29)26(21)36-5)14-20(33)16-10-18(28(2,3)4)25-19(11-16)31(7-9-38-25)15-22(34)35;/h10-12,30H,6-9,13-15H2,1-5H3,(H,34,35);1H. The molecule has 0 atom stereocenters. The fourth-order valence-electron chi connectivity index (χ4n) is 4.82. The van der Waals surface area contributed by atoms with E-state index in [9.17, 15) is 14.7 Å². The first-order chi connectivity index (χ1) is 18.0. The Kier molecular flexibility index (Phi) is 9.00. The molecule has 2 N–H and O–H groups in total. The summed E-state index contributed by atoms with van der Waals surface area (Å²) in [5.74, 6) is -1.23. The van der Waals surface area contributed by atoms with Crippen molar-refractivity contribution < 1.29 is 33.3 Å². The molecule has 0 bridgehead atoms. The van der Waals surface area contributed by atoms with Gasteiger partial charge in [-0.1, -0.05) is 27.7 Å². The van der Waals surface area contributed by atoms with Crippen molar-refractivity contribution in [3.8, 4) is 17.2 Å². The molecule has 0 spiro atoms. The van der Waals surface area contributed by atoms with Gasteiger partial charge < -0.3 is 29.1 Å². The Hall–Kier alpha value is -3.53. The van der Waals surface area contributed by atoms with E-state index in [2.05, 4.69) is 0 Å². The molecule has 4 rings (SSSR count). The van der Waals surface area contributed by atoms with Crippen LogP contribution in [0.2, 0.25) is 0 Å². The van der Waals surface area contributed by atoms with E-state index >= 15 is 4.39 Å². The summed E-state index contributed by atoms with van der Waals surface area (Å²) in [6, 6.07) is 5.10. The first kappa shape index (κ1) is 30.0. The Morgan fingerprint density at radius 1 is 1.18 bits per heavy atom. The van der Waals surface area contributed by atoms with Crippen molar-refractivity contribution in [2.75, 3.05) is 44.9 Å². The average Bonchev–Trinajstić information content (AvgIpc) is 3.16. The molecule has 2 aromatic rings. The zero-order valence-electron chi connectivity index (χ0n) is 22.9. The SMILES string of the molecule is CCCOc1cc2c(c(F)c1OC)C(=N)N(CC(=O)c1cc3c(c(C(C)(C)C)c1)OCCN3CC(=O)O)C2.Cl.